The maximum atomic E-state index is 12.4. The number of rotatable bonds is 3. The lowest BCUT2D eigenvalue weighted by molar-refractivity contribution is 0.101. The van der Waals surface area contributed by atoms with Gasteiger partial charge < -0.3 is 5.32 Å². The number of hydrogen-bond acceptors (Lipinski definition) is 3. The molecule has 0 aliphatic heterocycles. The molecule has 0 spiro atoms. The van der Waals surface area contributed by atoms with Crippen molar-refractivity contribution in [1.29, 1.82) is 0 Å². The van der Waals surface area contributed by atoms with Crippen molar-refractivity contribution >= 4 is 11.6 Å². The van der Waals surface area contributed by atoms with Crippen molar-refractivity contribution in [3.05, 3.63) is 70.8 Å². The zero-order valence-electron chi connectivity index (χ0n) is 14.3. The van der Waals surface area contributed by atoms with Gasteiger partial charge in [0.1, 0.15) is 5.82 Å². The van der Waals surface area contributed by atoms with Crippen molar-refractivity contribution in [3.63, 3.8) is 0 Å². The number of aromatic nitrogens is 3. The molecule has 1 N–H and O–H groups in total. The molecule has 0 saturated carbocycles. The number of nitrogens with one attached hydrogen (secondary N) is 1. The van der Waals surface area contributed by atoms with Gasteiger partial charge in [0.2, 0.25) is 5.82 Å². The summed E-state index contributed by atoms with van der Waals surface area (Å²) in [4.78, 5) is 16.7. The van der Waals surface area contributed by atoms with E-state index in [0.717, 1.165) is 22.5 Å². The van der Waals surface area contributed by atoms with Crippen LogP contribution in [0.3, 0.4) is 0 Å². The highest BCUT2D eigenvalue weighted by Gasteiger charge is 2.16. The molecule has 2 aromatic carbocycles. The molecule has 1 amide bonds. The average Bonchev–Trinajstić information content (AvgIpc) is 2.93. The van der Waals surface area contributed by atoms with Crippen LogP contribution in [-0.4, -0.2) is 20.7 Å². The van der Waals surface area contributed by atoms with Crippen LogP contribution in [0.1, 0.15) is 33.1 Å². The second kappa shape index (κ2) is 6.28. The van der Waals surface area contributed by atoms with Crippen LogP contribution in [0.4, 0.5) is 5.69 Å². The van der Waals surface area contributed by atoms with Gasteiger partial charge >= 0.3 is 0 Å². The third kappa shape index (κ3) is 3.06. The molecule has 0 radical (unpaired) electrons. The van der Waals surface area contributed by atoms with Gasteiger partial charge in [0, 0.05) is 5.69 Å². The summed E-state index contributed by atoms with van der Waals surface area (Å²) in [5, 5.41) is 7.23. The summed E-state index contributed by atoms with van der Waals surface area (Å²) >= 11 is 0. The van der Waals surface area contributed by atoms with Gasteiger partial charge in [0.05, 0.1) is 5.69 Å². The first-order valence-electron chi connectivity index (χ1n) is 7.84. The van der Waals surface area contributed by atoms with Crippen LogP contribution in [0.5, 0.6) is 0 Å². The Labute approximate surface area is 141 Å². The number of amides is 1. The number of nitrogens with zero attached hydrogens (tertiary/aromatic N) is 3. The topological polar surface area (TPSA) is 59.8 Å². The Morgan fingerprint density at radius 2 is 1.71 bits per heavy atom. The number of carbonyl (C=O) groups is 1. The minimum Gasteiger partial charge on any atom is -0.319 e. The van der Waals surface area contributed by atoms with Crippen LogP contribution < -0.4 is 5.32 Å². The molecule has 1 aromatic heterocycles. The summed E-state index contributed by atoms with van der Waals surface area (Å²) in [6.45, 7) is 7.90. The Hall–Kier alpha value is -2.95. The number of aryl methyl sites for hydroxylation is 4. The molecule has 24 heavy (non-hydrogen) atoms. The van der Waals surface area contributed by atoms with Crippen molar-refractivity contribution in [3.8, 4) is 5.69 Å². The molecule has 5 heteroatoms. The molecule has 0 atom stereocenters. The lowest BCUT2D eigenvalue weighted by Gasteiger charge is -2.06. The lowest BCUT2D eigenvalue weighted by atomic mass is 10.1. The third-order valence-corrected chi connectivity index (χ3v) is 4.08. The van der Waals surface area contributed by atoms with E-state index in [-0.39, 0.29) is 11.7 Å². The first-order chi connectivity index (χ1) is 11.5. The minimum atomic E-state index is -0.311. The molecule has 122 valence electrons. The molecule has 5 nitrogen and oxygen atoms in total. The normalized spacial score (nSPS) is 10.7. The van der Waals surface area contributed by atoms with E-state index in [9.17, 15) is 4.79 Å². The summed E-state index contributed by atoms with van der Waals surface area (Å²) in [7, 11) is 0. The molecule has 0 unspecified atom stereocenters. The second-order valence-electron chi connectivity index (χ2n) is 5.93. The predicted octanol–water partition coefficient (Wildman–Crippen LogP) is 3.75. The van der Waals surface area contributed by atoms with Crippen molar-refractivity contribution in [2.24, 2.45) is 0 Å². The van der Waals surface area contributed by atoms with Gasteiger partial charge in [-0.25, -0.2) is 9.67 Å². The Balaban J connectivity index is 1.88. The predicted molar refractivity (Wildman–Crippen MR) is 94.7 cm³/mol. The minimum absolute atomic E-state index is 0.161. The fraction of sp³-hybridized carbons (Fsp3) is 0.211. The fourth-order valence-corrected chi connectivity index (χ4v) is 2.52. The van der Waals surface area contributed by atoms with Gasteiger partial charge in [-0.2, -0.15) is 0 Å². The Morgan fingerprint density at radius 1 is 0.958 bits per heavy atom. The van der Waals surface area contributed by atoms with Crippen molar-refractivity contribution in [2.75, 3.05) is 5.32 Å². The molecule has 0 fully saturated rings. The zero-order chi connectivity index (χ0) is 17.3. The SMILES string of the molecule is Cc1ccc(NC(=O)c2nc(C)n(-c3ccccc3C)n2)cc1C. The zero-order valence-corrected chi connectivity index (χ0v) is 14.3. The molecule has 1 heterocycles. The summed E-state index contributed by atoms with van der Waals surface area (Å²) in [5.41, 5.74) is 5.06. The highest BCUT2D eigenvalue weighted by molar-refractivity contribution is 6.01. The average molecular weight is 320 g/mol. The highest BCUT2D eigenvalue weighted by Crippen LogP contribution is 2.17. The molecule has 3 rings (SSSR count). The van der Waals surface area contributed by atoms with Crippen LogP contribution in [0.25, 0.3) is 5.69 Å². The van der Waals surface area contributed by atoms with Crippen LogP contribution >= 0.6 is 0 Å². The molecule has 3 aromatic rings. The summed E-state index contributed by atoms with van der Waals surface area (Å²) in [6, 6.07) is 13.7. The smallest absolute Gasteiger partial charge is 0.295 e. The van der Waals surface area contributed by atoms with Gasteiger partial charge in [0.15, 0.2) is 0 Å². The van der Waals surface area contributed by atoms with Crippen molar-refractivity contribution < 1.29 is 4.79 Å². The van der Waals surface area contributed by atoms with E-state index in [0.29, 0.717) is 5.82 Å². The van der Waals surface area contributed by atoms with Crippen molar-refractivity contribution in [2.45, 2.75) is 27.7 Å². The van der Waals surface area contributed by atoms with E-state index >= 15 is 0 Å². The Morgan fingerprint density at radius 3 is 2.42 bits per heavy atom. The summed E-state index contributed by atoms with van der Waals surface area (Å²) in [5.74, 6) is 0.525. The lowest BCUT2D eigenvalue weighted by Crippen LogP contribution is -2.14. The number of hydrogen-bond donors (Lipinski definition) is 1. The van der Waals surface area contributed by atoms with E-state index in [1.54, 1.807) is 4.68 Å². The van der Waals surface area contributed by atoms with Gasteiger partial charge in [0.25, 0.3) is 5.91 Å². The first-order valence-corrected chi connectivity index (χ1v) is 7.84. The summed E-state index contributed by atoms with van der Waals surface area (Å²) < 4.78 is 1.70. The van der Waals surface area contributed by atoms with Gasteiger partial charge in [-0.05, 0) is 62.6 Å². The monoisotopic (exact) mass is 320 g/mol. The second-order valence-corrected chi connectivity index (χ2v) is 5.93. The molecule has 0 aliphatic carbocycles. The number of anilines is 1. The van der Waals surface area contributed by atoms with E-state index in [2.05, 4.69) is 15.4 Å². The van der Waals surface area contributed by atoms with Gasteiger partial charge in [-0.15, -0.1) is 5.10 Å². The first kappa shape index (κ1) is 15.9. The molecular formula is C19H20N4O. The largest absolute Gasteiger partial charge is 0.319 e. The van der Waals surface area contributed by atoms with E-state index < -0.39 is 0 Å². The Kier molecular flexibility index (Phi) is 4.16. The quantitative estimate of drug-likeness (QED) is 0.799. The maximum Gasteiger partial charge on any atom is 0.295 e. The van der Waals surface area contributed by atoms with Crippen LogP contribution in [-0.2, 0) is 0 Å². The van der Waals surface area contributed by atoms with E-state index in [1.165, 1.54) is 5.56 Å². The highest BCUT2D eigenvalue weighted by atomic mass is 16.2. The Bertz CT molecular complexity index is 911. The van der Waals surface area contributed by atoms with E-state index in [1.807, 2.05) is 70.2 Å². The fourth-order valence-electron chi connectivity index (χ4n) is 2.52. The number of para-hydroxylation sites is 1. The molecular weight excluding hydrogens is 300 g/mol. The maximum absolute atomic E-state index is 12.4. The van der Waals surface area contributed by atoms with Gasteiger partial charge in [-0.1, -0.05) is 24.3 Å². The third-order valence-electron chi connectivity index (χ3n) is 4.08. The van der Waals surface area contributed by atoms with Crippen molar-refractivity contribution in [1.82, 2.24) is 14.8 Å². The van der Waals surface area contributed by atoms with Crippen LogP contribution in [0.2, 0.25) is 0 Å². The molecule has 0 saturated heterocycles. The molecule has 0 bridgehead atoms. The standard InChI is InChI=1S/C19H20N4O/c1-12-9-10-16(11-14(12)3)21-19(24)18-20-15(4)23(22-18)17-8-6-5-7-13(17)2/h5-11H,1-4H3,(H,21,24). The molecule has 0 aliphatic rings. The van der Waals surface area contributed by atoms with Crippen LogP contribution in [0.15, 0.2) is 42.5 Å². The number of benzene rings is 2. The van der Waals surface area contributed by atoms with E-state index in [4.69, 9.17) is 0 Å². The number of carbonyl (C=O) groups excluding carboxylic acids is 1. The van der Waals surface area contributed by atoms with Gasteiger partial charge in [-0.3, -0.25) is 4.79 Å². The van der Waals surface area contributed by atoms with Crippen LogP contribution in [0, 0.1) is 27.7 Å². The summed E-state index contributed by atoms with van der Waals surface area (Å²) in [6.07, 6.45) is 0.